The molecule has 2 heterocycles. The van der Waals surface area contributed by atoms with Crippen LogP contribution in [-0.4, -0.2) is 40.6 Å². The highest BCUT2D eigenvalue weighted by molar-refractivity contribution is 6.34. The van der Waals surface area contributed by atoms with E-state index in [1.54, 1.807) is 24.3 Å². The van der Waals surface area contributed by atoms with Gasteiger partial charge in [0, 0.05) is 35.6 Å². The number of Topliss-reactive ketones (excluding diaryl/α,β-unsaturated/α-hetero) is 1. The van der Waals surface area contributed by atoms with Crippen molar-refractivity contribution < 1.29 is 28.7 Å². The van der Waals surface area contributed by atoms with Crippen molar-refractivity contribution in [1.29, 1.82) is 0 Å². The van der Waals surface area contributed by atoms with Crippen molar-refractivity contribution in [3.63, 3.8) is 0 Å². The van der Waals surface area contributed by atoms with Gasteiger partial charge in [-0.15, -0.1) is 0 Å². The molecule has 3 aromatic rings. The standard InChI is InChI=1S/C28H25N3O6/c1-15-12-23(16(2)30(15)20-9-10-20)25(33)14-37-28(36)18-4-11-22-24(13-18)27(35)31(26(22)34)21-7-5-19(6-8-21)29-17(3)32/h4-8,11-13,20H,9-10,14H2,1-3H3,(H,29,32). The van der Waals surface area contributed by atoms with Gasteiger partial charge in [0.2, 0.25) is 11.7 Å². The molecule has 0 unspecified atom stereocenters. The first-order valence-electron chi connectivity index (χ1n) is 11.9. The highest BCUT2D eigenvalue weighted by Gasteiger charge is 2.37. The number of esters is 1. The summed E-state index contributed by atoms with van der Waals surface area (Å²) in [5, 5.41) is 2.62. The Balaban J connectivity index is 1.29. The fraction of sp³-hybridized carbons (Fsp3) is 0.250. The number of carbonyl (C=O) groups is 5. The summed E-state index contributed by atoms with van der Waals surface area (Å²) in [6.45, 7) is 4.80. The van der Waals surface area contributed by atoms with Crippen LogP contribution in [0.4, 0.5) is 11.4 Å². The summed E-state index contributed by atoms with van der Waals surface area (Å²) in [6.07, 6.45) is 2.19. The first-order chi connectivity index (χ1) is 17.7. The molecule has 1 aliphatic heterocycles. The van der Waals surface area contributed by atoms with E-state index in [2.05, 4.69) is 9.88 Å². The first kappa shape index (κ1) is 24.2. The van der Waals surface area contributed by atoms with E-state index >= 15 is 0 Å². The van der Waals surface area contributed by atoms with Crippen LogP contribution in [-0.2, 0) is 9.53 Å². The topological polar surface area (TPSA) is 115 Å². The Morgan fingerprint density at radius 1 is 0.946 bits per heavy atom. The van der Waals surface area contributed by atoms with E-state index in [4.69, 9.17) is 4.74 Å². The molecular formula is C28H25N3O6. The van der Waals surface area contributed by atoms with Crippen molar-refractivity contribution in [2.45, 2.75) is 39.7 Å². The van der Waals surface area contributed by atoms with Crippen LogP contribution in [0.1, 0.15) is 78.6 Å². The number of ether oxygens (including phenoxy) is 1. The summed E-state index contributed by atoms with van der Waals surface area (Å²) >= 11 is 0. The molecule has 0 radical (unpaired) electrons. The van der Waals surface area contributed by atoms with Crippen LogP contribution < -0.4 is 10.2 Å². The van der Waals surface area contributed by atoms with Crippen molar-refractivity contribution >= 4 is 40.8 Å². The van der Waals surface area contributed by atoms with Gasteiger partial charge in [-0.05, 0) is 75.2 Å². The number of hydrogen-bond donors (Lipinski definition) is 1. The molecule has 1 aromatic heterocycles. The van der Waals surface area contributed by atoms with Crippen molar-refractivity contribution in [2.75, 3.05) is 16.8 Å². The number of amides is 3. The Labute approximate surface area is 213 Å². The lowest BCUT2D eigenvalue weighted by molar-refractivity contribution is -0.114. The second-order valence-electron chi connectivity index (χ2n) is 9.32. The summed E-state index contributed by atoms with van der Waals surface area (Å²) in [4.78, 5) is 63.6. The Hall–Kier alpha value is -4.53. The van der Waals surface area contributed by atoms with Gasteiger partial charge in [-0.2, -0.15) is 0 Å². The molecule has 0 saturated heterocycles. The SMILES string of the molecule is CC(=O)Nc1ccc(N2C(=O)c3ccc(C(=O)OCC(=O)c4cc(C)n(C5CC5)c4C)cc3C2=O)cc1. The number of ketones is 1. The van der Waals surface area contributed by atoms with Crippen LogP contribution in [0.2, 0.25) is 0 Å². The third-order valence-electron chi connectivity index (χ3n) is 6.60. The molecule has 1 N–H and O–H groups in total. The van der Waals surface area contributed by atoms with Crippen LogP contribution in [0, 0.1) is 13.8 Å². The molecule has 0 bridgehead atoms. The normalized spacial score (nSPS) is 14.5. The molecule has 9 heteroatoms. The Bertz CT molecular complexity index is 1480. The minimum absolute atomic E-state index is 0.0685. The van der Waals surface area contributed by atoms with Gasteiger partial charge in [0.15, 0.2) is 6.61 Å². The van der Waals surface area contributed by atoms with Gasteiger partial charge in [-0.25, -0.2) is 9.69 Å². The van der Waals surface area contributed by atoms with Crippen molar-refractivity contribution in [3.8, 4) is 0 Å². The summed E-state index contributed by atoms with van der Waals surface area (Å²) in [5.41, 5.74) is 3.58. The molecule has 188 valence electrons. The maximum absolute atomic E-state index is 13.1. The van der Waals surface area contributed by atoms with E-state index in [1.807, 2.05) is 19.9 Å². The van der Waals surface area contributed by atoms with Crippen molar-refractivity contribution in [1.82, 2.24) is 4.57 Å². The molecule has 3 amide bonds. The largest absolute Gasteiger partial charge is 0.454 e. The zero-order valence-corrected chi connectivity index (χ0v) is 20.7. The Kier molecular flexibility index (Phi) is 5.99. The molecule has 0 spiro atoms. The molecule has 1 fully saturated rings. The van der Waals surface area contributed by atoms with Gasteiger partial charge in [0.25, 0.3) is 11.8 Å². The number of hydrogen-bond acceptors (Lipinski definition) is 6. The fourth-order valence-corrected chi connectivity index (χ4v) is 4.75. The second kappa shape index (κ2) is 9.16. The van der Waals surface area contributed by atoms with E-state index in [0.29, 0.717) is 23.0 Å². The number of aromatic nitrogens is 1. The van der Waals surface area contributed by atoms with E-state index in [0.717, 1.165) is 29.1 Å². The summed E-state index contributed by atoms with van der Waals surface area (Å²) < 4.78 is 7.41. The third-order valence-corrected chi connectivity index (χ3v) is 6.60. The average Bonchev–Trinajstić information content (AvgIpc) is 3.61. The molecule has 2 aromatic carbocycles. The molecule has 0 atom stereocenters. The van der Waals surface area contributed by atoms with Gasteiger partial charge >= 0.3 is 5.97 Å². The van der Waals surface area contributed by atoms with Crippen LogP contribution >= 0.6 is 0 Å². The Morgan fingerprint density at radius 2 is 1.62 bits per heavy atom. The lowest BCUT2D eigenvalue weighted by atomic mass is 10.1. The Morgan fingerprint density at radius 3 is 2.27 bits per heavy atom. The zero-order valence-electron chi connectivity index (χ0n) is 20.7. The zero-order chi connectivity index (χ0) is 26.4. The fourth-order valence-electron chi connectivity index (χ4n) is 4.75. The highest BCUT2D eigenvalue weighted by Crippen LogP contribution is 2.38. The van der Waals surface area contributed by atoms with Gasteiger partial charge in [0.05, 0.1) is 22.4 Å². The smallest absolute Gasteiger partial charge is 0.338 e. The number of carbonyl (C=O) groups excluding carboxylic acids is 5. The molecule has 1 saturated carbocycles. The molecule has 1 aliphatic carbocycles. The predicted molar refractivity (Wildman–Crippen MR) is 135 cm³/mol. The van der Waals surface area contributed by atoms with Crippen molar-refractivity contribution in [2.24, 2.45) is 0 Å². The van der Waals surface area contributed by atoms with Crippen LogP contribution in [0.3, 0.4) is 0 Å². The average molecular weight is 500 g/mol. The number of aryl methyl sites for hydroxylation is 1. The number of nitrogens with zero attached hydrogens (tertiary/aromatic N) is 2. The third kappa shape index (κ3) is 4.44. The lowest BCUT2D eigenvalue weighted by Crippen LogP contribution is -2.29. The number of benzene rings is 2. The van der Waals surface area contributed by atoms with Crippen LogP contribution in [0.5, 0.6) is 0 Å². The van der Waals surface area contributed by atoms with E-state index in [1.165, 1.54) is 25.1 Å². The maximum Gasteiger partial charge on any atom is 0.338 e. The number of imide groups is 1. The summed E-state index contributed by atoms with van der Waals surface area (Å²) in [5.74, 6) is -2.39. The molecule has 9 nitrogen and oxygen atoms in total. The highest BCUT2D eigenvalue weighted by atomic mass is 16.5. The van der Waals surface area contributed by atoms with Gasteiger partial charge in [0.1, 0.15) is 0 Å². The number of fused-ring (bicyclic) bond motifs is 1. The lowest BCUT2D eigenvalue weighted by Gasteiger charge is -2.14. The monoisotopic (exact) mass is 499 g/mol. The van der Waals surface area contributed by atoms with Crippen molar-refractivity contribution in [3.05, 3.63) is 82.2 Å². The van der Waals surface area contributed by atoms with Gasteiger partial charge < -0.3 is 14.6 Å². The second-order valence-corrected chi connectivity index (χ2v) is 9.32. The van der Waals surface area contributed by atoms with E-state index < -0.39 is 24.4 Å². The predicted octanol–water partition coefficient (Wildman–Crippen LogP) is 4.24. The molecular weight excluding hydrogens is 474 g/mol. The quantitative estimate of drug-likeness (QED) is 0.295. The minimum atomic E-state index is -0.759. The maximum atomic E-state index is 13.1. The van der Waals surface area contributed by atoms with Crippen LogP contribution in [0.25, 0.3) is 0 Å². The number of nitrogens with one attached hydrogen (secondary N) is 1. The van der Waals surface area contributed by atoms with E-state index in [-0.39, 0.29) is 28.4 Å². The van der Waals surface area contributed by atoms with Gasteiger partial charge in [-0.3, -0.25) is 19.2 Å². The molecule has 5 rings (SSSR count). The first-order valence-corrected chi connectivity index (χ1v) is 11.9. The van der Waals surface area contributed by atoms with Crippen LogP contribution in [0.15, 0.2) is 48.5 Å². The summed E-state index contributed by atoms with van der Waals surface area (Å²) in [6, 6.07) is 12.6. The molecule has 37 heavy (non-hydrogen) atoms. The minimum Gasteiger partial charge on any atom is -0.454 e. The molecule has 2 aliphatic rings. The van der Waals surface area contributed by atoms with E-state index in [9.17, 15) is 24.0 Å². The van der Waals surface area contributed by atoms with Gasteiger partial charge in [-0.1, -0.05) is 0 Å². The number of rotatable bonds is 7. The number of anilines is 2. The summed E-state index contributed by atoms with van der Waals surface area (Å²) in [7, 11) is 0.